The molecule has 1 heterocycles. The third kappa shape index (κ3) is 1.28. The first-order chi connectivity index (χ1) is 6.59. The number of aliphatic carboxylic acids is 1. The van der Waals surface area contributed by atoms with Crippen LogP contribution in [0.4, 0.5) is 5.69 Å². The van der Waals surface area contributed by atoms with E-state index in [2.05, 4.69) is 0 Å². The zero-order chi connectivity index (χ0) is 10.3. The highest BCUT2D eigenvalue weighted by Gasteiger charge is 2.30. The molecule has 1 aliphatic heterocycles. The van der Waals surface area contributed by atoms with Gasteiger partial charge in [-0.1, -0.05) is 11.6 Å². The normalized spacial score (nSPS) is 18.8. The summed E-state index contributed by atoms with van der Waals surface area (Å²) in [5.74, 6) is -0.476. The van der Waals surface area contributed by atoms with Crippen molar-refractivity contribution in [2.24, 2.45) is 0 Å². The van der Waals surface area contributed by atoms with Gasteiger partial charge in [0.15, 0.2) is 6.10 Å². The summed E-state index contributed by atoms with van der Waals surface area (Å²) in [6.07, 6.45) is -0.567. The highest BCUT2D eigenvalue weighted by molar-refractivity contribution is 6.33. The molecule has 14 heavy (non-hydrogen) atoms. The molecule has 1 aromatic rings. The monoisotopic (exact) mass is 213 g/mol. The number of rotatable bonds is 1. The van der Waals surface area contributed by atoms with Crippen LogP contribution >= 0.6 is 11.6 Å². The molecular weight excluding hydrogens is 206 g/mol. The predicted molar refractivity (Wildman–Crippen MR) is 51.6 cm³/mol. The van der Waals surface area contributed by atoms with E-state index in [9.17, 15) is 4.79 Å². The van der Waals surface area contributed by atoms with Crippen LogP contribution < -0.4 is 10.5 Å². The fraction of sp³-hybridized carbons (Fsp3) is 0.222. The summed E-state index contributed by atoms with van der Waals surface area (Å²) in [6.45, 7) is 0. The molecular formula is C9H8ClNO3. The Kier molecular flexibility index (Phi) is 2.00. The lowest BCUT2D eigenvalue weighted by atomic mass is 10.1. The lowest BCUT2D eigenvalue weighted by Gasteiger charge is -2.03. The Bertz CT molecular complexity index is 405. The Hall–Kier alpha value is -1.42. The molecule has 0 fully saturated rings. The average Bonchev–Trinajstić information content (AvgIpc) is 2.56. The van der Waals surface area contributed by atoms with Crippen LogP contribution in [0.15, 0.2) is 12.1 Å². The zero-order valence-electron chi connectivity index (χ0n) is 7.16. The van der Waals surface area contributed by atoms with Crippen molar-refractivity contribution < 1.29 is 14.6 Å². The summed E-state index contributed by atoms with van der Waals surface area (Å²) in [7, 11) is 0. The largest absolute Gasteiger partial charge is 0.478 e. The molecule has 0 saturated carbocycles. The summed E-state index contributed by atoms with van der Waals surface area (Å²) in [6, 6.07) is 3.23. The van der Waals surface area contributed by atoms with Crippen molar-refractivity contribution >= 4 is 23.3 Å². The van der Waals surface area contributed by atoms with Crippen molar-refractivity contribution in [3.05, 3.63) is 22.7 Å². The van der Waals surface area contributed by atoms with Gasteiger partial charge in [-0.15, -0.1) is 0 Å². The topological polar surface area (TPSA) is 72.6 Å². The number of hydrogen-bond acceptors (Lipinski definition) is 3. The predicted octanol–water partition coefficient (Wildman–Crippen LogP) is 1.31. The van der Waals surface area contributed by atoms with Gasteiger partial charge in [-0.3, -0.25) is 0 Å². The molecule has 1 atom stereocenters. The molecule has 74 valence electrons. The Labute approximate surface area is 85.2 Å². The van der Waals surface area contributed by atoms with E-state index in [0.29, 0.717) is 22.0 Å². The standard InChI is InChI=1S/C9H8ClNO3/c10-5-1-2-6-4(8(5)11)3-7(14-6)9(12)13/h1-2,7H,3,11H2,(H,12,13). The van der Waals surface area contributed by atoms with Crippen LogP contribution in [-0.2, 0) is 11.2 Å². The molecule has 1 aromatic carbocycles. The average molecular weight is 214 g/mol. The number of carbonyl (C=O) groups is 1. The van der Waals surface area contributed by atoms with Crippen molar-refractivity contribution in [1.29, 1.82) is 0 Å². The maximum atomic E-state index is 10.7. The fourth-order valence-corrected chi connectivity index (χ4v) is 1.63. The van der Waals surface area contributed by atoms with Crippen LogP contribution in [0.3, 0.4) is 0 Å². The van der Waals surface area contributed by atoms with Crippen molar-refractivity contribution in [3.63, 3.8) is 0 Å². The number of ether oxygens (including phenoxy) is 1. The van der Waals surface area contributed by atoms with Gasteiger partial charge < -0.3 is 15.6 Å². The maximum absolute atomic E-state index is 10.7. The second kappa shape index (κ2) is 3.06. The van der Waals surface area contributed by atoms with E-state index in [1.54, 1.807) is 12.1 Å². The Morgan fingerprint density at radius 3 is 3.00 bits per heavy atom. The molecule has 0 aliphatic carbocycles. The molecule has 1 aliphatic rings. The third-order valence-electron chi connectivity index (χ3n) is 2.20. The van der Waals surface area contributed by atoms with Gasteiger partial charge in [0, 0.05) is 12.0 Å². The minimum Gasteiger partial charge on any atom is -0.478 e. The summed E-state index contributed by atoms with van der Waals surface area (Å²) < 4.78 is 5.17. The van der Waals surface area contributed by atoms with E-state index in [1.807, 2.05) is 0 Å². The van der Waals surface area contributed by atoms with Crippen LogP contribution in [-0.4, -0.2) is 17.2 Å². The van der Waals surface area contributed by atoms with Gasteiger partial charge in [0.05, 0.1) is 10.7 Å². The van der Waals surface area contributed by atoms with Crippen molar-refractivity contribution in [1.82, 2.24) is 0 Å². The number of halogens is 1. The number of hydrogen-bond donors (Lipinski definition) is 2. The van der Waals surface area contributed by atoms with Crippen LogP contribution in [0.25, 0.3) is 0 Å². The first-order valence-electron chi connectivity index (χ1n) is 4.06. The lowest BCUT2D eigenvalue weighted by molar-refractivity contribution is -0.144. The highest BCUT2D eigenvalue weighted by Crippen LogP contribution is 2.37. The quantitative estimate of drug-likeness (QED) is 0.690. The first-order valence-corrected chi connectivity index (χ1v) is 4.43. The van der Waals surface area contributed by atoms with Gasteiger partial charge in [-0.25, -0.2) is 4.79 Å². The molecule has 0 spiro atoms. The maximum Gasteiger partial charge on any atom is 0.345 e. The van der Waals surface area contributed by atoms with E-state index >= 15 is 0 Å². The number of nitrogens with two attached hydrogens (primary N) is 1. The smallest absolute Gasteiger partial charge is 0.345 e. The number of anilines is 1. The van der Waals surface area contributed by atoms with Gasteiger partial charge in [0.1, 0.15) is 5.75 Å². The minimum absolute atomic E-state index is 0.275. The number of nitrogen functional groups attached to an aromatic ring is 1. The number of carboxylic acids is 1. The van der Waals surface area contributed by atoms with Crippen molar-refractivity contribution in [2.45, 2.75) is 12.5 Å². The van der Waals surface area contributed by atoms with Crippen molar-refractivity contribution in [3.8, 4) is 5.75 Å². The number of carboxylic acid groups (broad SMARTS) is 1. The molecule has 1 unspecified atom stereocenters. The van der Waals surface area contributed by atoms with Crippen LogP contribution in [0.2, 0.25) is 5.02 Å². The van der Waals surface area contributed by atoms with Gasteiger partial charge in [0.2, 0.25) is 0 Å². The van der Waals surface area contributed by atoms with Gasteiger partial charge in [-0.2, -0.15) is 0 Å². The second-order valence-electron chi connectivity index (χ2n) is 3.09. The molecule has 3 N–H and O–H groups in total. The van der Waals surface area contributed by atoms with Gasteiger partial charge in [-0.05, 0) is 12.1 Å². The van der Waals surface area contributed by atoms with E-state index in [4.69, 9.17) is 27.2 Å². The Morgan fingerprint density at radius 2 is 2.36 bits per heavy atom. The summed E-state index contributed by atoms with van der Waals surface area (Å²) in [5.41, 5.74) is 6.79. The summed E-state index contributed by atoms with van der Waals surface area (Å²) in [4.78, 5) is 10.7. The minimum atomic E-state index is -0.989. The van der Waals surface area contributed by atoms with Crippen LogP contribution in [0.5, 0.6) is 5.75 Å². The van der Waals surface area contributed by atoms with Crippen LogP contribution in [0.1, 0.15) is 5.56 Å². The SMILES string of the molecule is Nc1c(Cl)ccc2c1CC(C(=O)O)O2. The van der Waals surface area contributed by atoms with E-state index in [1.165, 1.54) is 0 Å². The molecule has 0 saturated heterocycles. The second-order valence-corrected chi connectivity index (χ2v) is 3.49. The zero-order valence-corrected chi connectivity index (χ0v) is 7.91. The highest BCUT2D eigenvalue weighted by atomic mass is 35.5. The molecule has 4 nitrogen and oxygen atoms in total. The molecule has 0 aromatic heterocycles. The Morgan fingerprint density at radius 1 is 1.64 bits per heavy atom. The van der Waals surface area contributed by atoms with E-state index in [0.717, 1.165) is 0 Å². The molecule has 5 heteroatoms. The fourth-order valence-electron chi connectivity index (χ4n) is 1.46. The molecule has 0 amide bonds. The van der Waals surface area contributed by atoms with E-state index < -0.39 is 12.1 Å². The van der Waals surface area contributed by atoms with Crippen LogP contribution in [0, 0.1) is 0 Å². The first kappa shape index (κ1) is 9.15. The number of benzene rings is 1. The third-order valence-corrected chi connectivity index (χ3v) is 2.52. The van der Waals surface area contributed by atoms with E-state index in [-0.39, 0.29) is 6.42 Å². The molecule has 0 radical (unpaired) electrons. The summed E-state index contributed by atoms with van der Waals surface area (Å²) in [5, 5.41) is 9.18. The summed E-state index contributed by atoms with van der Waals surface area (Å²) >= 11 is 5.79. The lowest BCUT2D eigenvalue weighted by Crippen LogP contribution is -2.24. The van der Waals surface area contributed by atoms with Gasteiger partial charge >= 0.3 is 5.97 Å². The van der Waals surface area contributed by atoms with Crippen molar-refractivity contribution in [2.75, 3.05) is 5.73 Å². The molecule has 2 rings (SSSR count). The van der Waals surface area contributed by atoms with Gasteiger partial charge in [0.25, 0.3) is 0 Å². The Balaban J connectivity index is 2.40. The molecule has 0 bridgehead atoms. The number of fused-ring (bicyclic) bond motifs is 1.